The van der Waals surface area contributed by atoms with Gasteiger partial charge in [0, 0.05) is 18.2 Å². The number of hydrogen-bond acceptors (Lipinski definition) is 7. The fourth-order valence-corrected chi connectivity index (χ4v) is 4.27. The van der Waals surface area contributed by atoms with Crippen molar-refractivity contribution in [3.05, 3.63) is 35.7 Å². The molecule has 1 amide bonds. The zero-order valence-corrected chi connectivity index (χ0v) is 14.6. The van der Waals surface area contributed by atoms with Crippen molar-refractivity contribution in [2.45, 2.75) is 32.5 Å². The van der Waals surface area contributed by atoms with Gasteiger partial charge >= 0.3 is 0 Å². The van der Waals surface area contributed by atoms with Crippen LogP contribution in [0.1, 0.15) is 29.5 Å². The zero-order chi connectivity index (χ0) is 17.9. The van der Waals surface area contributed by atoms with Crippen molar-refractivity contribution in [3.8, 4) is 5.75 Å². The summed E-state index contributed by atoms with van der Waals surface area (Å²) in [4.78, 5) is 12.2. The molecule has 1 unspecified atom stereocenters. The number of tetrazole rings is 1. The molecule has 0 radical (unpaired) electrons. The highest BCUT2D eigenvalue weighted by atomic mass is 32.2. The molecule has 1 aromatic carbocycles. The average Bonchev–Trinajstić information content (AvgIpc) is 3.18. The standard InChI is InChI=1S/C15H19N5O4S/c1-2-20-14(17-18-19-20)9-24-13-5-3-11(4-6-13)15(21)16-12-7-8-25(22,23)10-12/h3-6,12H,2,7-10H2,1H3,(H,16,21). The molecule has 134 valence electrons. The van der Waals surface area contributed by atoms with Crippen molar-refractivity contribution >= 4 is 15.7 Å². The Bertz CT molecular complexity index is 847. The van der Waals surface area contributed by atoms with Gasteiger partial charge in [-0.3, -0.25) is 4.79 Å². The maximum atomic E-state index is 12.2. The number of aryl methyl sites for hydroxylation is 1. The lowest BCUT2D eigenvalue weighted by Crippen LogP contribution is -2.35. The number of aromatic nitrogens is 4. The molecule has 3 rings (SSSR count). The molecule has 0 bridgehead atoms. The minimum Gasteiger partial charge on any atom is -0.486 e. The van der Waals surface area contributed by atoms with Gasteiger partial charge in [0.2, 0.25) is 0 Å². The molecule has 1 fully saturated rings. The molecule has 0 aliphatic carbocycles. The molecule has 1 aromatic heterocycles. The van der Waals surface area contributed by atoms with Gasteiger partial charge in [-0.2, -0.15) is 0 Å². The summed E-state index contributed by atoms with van der Waals surface area (Å²) >= 11 is 0. The Hall–Kier alpha value is -2.49. The van der Waals surface area contributed by atoms with E-state index in [1.807, 2.05) is 6.92 Å². The Balaban J connectivity index is 1.55. The van der Waals surface area contributed by atoms with E-state index in [2.05, 4.69) is 20.8 Å². The van der Waals surface area contributed by atoms with E-state index in [1.165, 1.54) is 0 Å². The molecule has 2 aromatic rings. The third kappa shape index (κ3) is 4.32. The van der Waals surface area contributed by atoms with Crippen molar-refractivity contribution < 1.29 is 17.9 Å². The van der Waals surface area contributed by atoms with Gasteiger partial charge in [-0.15, -0.1) is 5.10 Å². The lowest BCUT2D eigenvalue weighted by atomic mass is 10.2. The molecule has 25 heavy (non-hydrogen) atoms. The Labute approximate surface area is 145 Å². The molecule has 1 aliphatic rings. The van der Waals surface area contributed by atoms with Crippen LogP contribution < -0.4 is 10.1 Å². The van der Waals surface area contributed by atoms with Crippen LogP contribution in [0.2, 0.25) is 0 Å². The van der Waals surface area contributed by atoms with Crippen LogP contribution >= 0.6 is 0 Å². The van der Waals surface area contributed by atoms with Gasteiger partial charge in [-0.25, -0.2) is 13.1 Å². The third-order valence-corrected chi connectivity index (χ3v) is 5.73. The minimum absolute atomic E-state index is 0.00603. The van der Waals surface area contributed by atoms with Gasteiger partial charge in [0.25, 0.3) is 5.91 Å². The fourth-order valence-electron chi connectivity index (χ4n) is 2.60. The molecular formula is C15H19N5O4S. The Kier molecular flexibility index (Phi) is 4.98. The second-order valence-corrected chi connectivity index (χ2v) is 8.03. The summed E-state index contributed by atoms with van der Waals surface area (Å²) in [5.74, 6) is 1.05. The first kappa shape index (κ1) is 17.3. The van der Waals surface area contributed by atoms with E-state index in [0.29, 0.717) is 30.1 Å². The second-order valence-electron chi connectivity index (χ2n) is 5.80. The number of benzene rings is 1. The molecular weight excluding hydrogens is 346 g/mol. The highest BCUT2D eigenvalue weighted by Gasteiger charge is 2.29. The van der Waals surface area contributed by atoms with E-state index >= 15 is 0 Å². The van der Waals surface area contributed by atoms with Crippen molar-refractivity contribution in [3.63, 3.8) is 0 Å². The molecule has 1 N–H and O–H groups in total. The van der Waals surface area contributed by atoms with Gasteiger partial charge in [0.05, 0.1) is 11.5 Å². The van der Waals surface area contributed by atoms with Gasteiger partial charge in [0.15, 0.2) is 15.7 Å². The number of nitrogens with one attached hydrogen (secondary N) is 1. The van der Waals surface area contributed by atoms with Gasteiger partial charge in [0.1, 0.15) is 12.4 Å². The SMILES string of the molecule is CCn1nnnc1COc1ccc(C(=O)NC2CCS(=O)(=O)C2)cc1. The van der Waals surface area contributed by atoms with E-state index in [9.17, 15) is 13.2 Å². The highest BCUT2D eigenvalue weighted by Crippen LogP contribution is 2.15. The number of amides is 1. The Morgan fingerprint density at radius 1 is 1.36 bits per heavy atom. The number of rotatable bonds is 6. The van der Waals surface area contributed by atoms with Crippen LogP contribution in [0.25, 0.3) is 0 Å². The smallest absolute Gasteiger partial charge is 0.251 e. The maximum absolute atomic E-state index is 12.2. The fraction of sp³-hybridized carbons (Fsp3) is 0.467. The molecule has 0 spiro atoms. The predicted octanol–water partition coefficient (Wildman–Crippen LogP) is 0.189. The normalized spacial score (nSPS) is 18.8. The molecule has 1 atom stereocenters. The first-order valence-corrected chi connectivity index (χ1v) is 9.78. The zero-order valence-electron chi connectivity index (χ0n) is 13.8. The maximum Gasteiger partial charge on any atom is 0.251 e. The summed E-state index contributed by atoms with van der Waals surface area (Å²) in [5.41, 5.74) is 0.454. The number of nitrogens with zero attached hydrogens (tertiary/aromatic N) is 4. The van der Waals surface area contributed by atoms with Crippen LogP contribution in [0, 0.1) is 0 Å². The largest absolute Gasteiger partial charge is 0.486 e. The Morgan fingerprint density at radius 2 is 2.12 bits per heavy atom. The third-order valence-electron chi connectivity index (χ3n) is 3.96. The quantitative estimate of drug-likeness (QED) is 0.776. The van der Waals surface area contributed by atoms with Gasteiger partial charge < -0.3 is 10.1 Å². The van der Waals surface area contributed by atoms with E-state index < -0.39 is 9.84 Å². The molecule has 2 heterocycles. The second kappa shape index (κ2) is 7.18. The minimum atomic E-state index is -3.02. The van der Waals surface area contributed by atoms with Crippen LogP contribution in [-0.4, -0.2) is 52.1 Å². The van der Waals surface area contributed by atoms with Crippen LogP contribution in [0.3, 0.4) is 0 Å². The topological polar surface area (TPSA) is 116 Å². The number of carbonyl (C=O) groups excluding carboxylic acids is 1. The van der Waals surface area contributed by atoms with Crippen molar-refractivity contribution in [1.82, 2.24) is 25.5 Å². The highest BCUT2D eigenvalue weighted by molar-refractivity contribution is 7.91. The summed E-state index contributed by atoms with van der Waals surface area (Å²) in [6, 6.07) is 6.32. The van der Waals surface area contributed by atoms with E-state index in [0.717, 1.165) is 0 Å². The Morgan fingerprint density at radius 3 is 2.76 bits per heavy atom. The van der Waals surface area contributed by atoms with Gasteiger partial charge in [-0.1, -0.05) is 0 Å². The monoisotopic (exact) mass is 365 g/mol. The molecule has 10 heteroatoms. The van der Waals surface area contributed by atoms with E-state index in [1.54, 1.807) is 28.9 Å². The molecule has 9 nitrogen and oxygen atoms in total. The number of hydrogen-bond donors (Lipinski definition) is 1. The number of sulfone groups is 1. The molecule has 1 saturated heterocycles. The van der Waals surface area contributed by atoms with Gasteiger partial charge in [-0.05, 0) is 48.0 Å². The van der Waals surface area contributed by atoms with Crippen LogP contribution in [0.15, 0.2) is 24.3 Å². The van der Waals surface area contributed by atoms with Crippen LogP contribution in [-0.2, 0) is 23.0 Å². The molecule has 0 saturated carbocycles. The van der Waals surface area contributed by atoms with Crippen molar-refractivity contribution in [1.29, 1.82) is 0 Å². The first-order chi connectivity index (χ1) is 12.0. The molecule has 1 aliphatic heterocycles. The van der Waals surface area contributed by atoms with E-state index in [-0.39, 0.29) is 30.1 Å². The predicted molar refractivity (Wildman–Crippen MR) is 88.8 cm³/mol. The summed E-state index contributed by atoms with van der Waals surface area (Å²) in [7, 11) is -3.02. The lowest BCUT2D eigenvalue weighted by molar-refractivity contribution is 0.0941. The summed E-state index contributed by atoms with van der Waals surface area (Å²) in [5, 5.41) is 14.0. The average molecular weight is 365 g/mol. The number of carbonyl (C=O) groups is 1. The van der Waals surface area contributed by atoms with Crippen molar-refractivity contribution in [2.75, 3.05) is 11.5 Å². The summed E-state index contributed by atoms with van der Waals surface area (Å²) in [6.07, 6.45) is 0.460. The summed E-state index contributed by atoms with van der Waals surface area (Å²) < 4.78 is 30.1. The van der Waals surface area contributed by atoms with Crippen LogP contribution in [0.5, 0.6) is 5.75 Å². The van der Waals surface area contributed by atoms with Crippen molar-refractivity contribution in [2.24, 2.45) is 0 Å². The first-order valence-electron chi connectivity index (χ1n) is 7.96. The lowest BCUT2D eigenvalue weighted by Gasteiger charge is -2.11. The summed E-state index contributed by atoms with van der Waals surface area (Å²) in [6.45, 7) is 2.82. The van der Waals surface area contributed by atoms with E-state index in [4.69, 9.17) is 4.74 Å². The van der Waals surface area contributed by atoms with Crippen LogP contribution in [0.4, 0.5) is 0 Å². The number of ether oxygens (including phenoxy) is 1.